The minimum absolute atomic E-state index is 0.109. The molecule has 0 aromatic heterocycles. The second-order valence-electron chi connectivity index (χ2n) is 3.44. The summed E-state index contributed by atoms with van der Waals surface area (Å²) in [4.78, 5) is 21.9. The van der Waals surface area contributed by atoms with Gasteiger partial charge in [0, 0.05) is 7.05 Å². The fraction of sp³-hybridized carbons (Fsp3) is 0.273. The average Bonchev–Trinajstić information content (AvgIpc) is 2.35. The number of halogens is 3. The van der Waals surface area contributed by atoms with Crippen molar-refractivity contribution < 1.29 is 27.5 Å². The van der Waals surface area contributed by atoms with Gasteiger partial charge in [0.15, 0.2) is 6.61 Å². The van der Waals surface area contributed by atoms with E-state index in [0.717, 1.165) is 18.2 Å². The fourth-order valence-electron chi connectivity index (χ4n) is 1.14. The maximum absolute atomic E-state index is 12.4. The van der Waals surface area contributed by atoms with Gasteiger partial charge in [-0.15, -0.1) is 0 Å². The van der Waals surface area contributed by atoms with Crippen LogP contribution in [0.15, 0.2) is 24.3 Å². The third kappa shape index (κ3) is 4.86. The summed E-state index contributed by atoms with van der Waals surface area (Å²) in [6, 6.07) is 3.37. The van der Waals surface area contributed by atoms with Gasteiger partial charge in [-0.1, -0.05) is 6.07 Å². The van der Waals surface area contributed by atoms with E-state index in [0.29, 0.717) is 0 Å². The van der Waals surface area contributed by atoms with Crippen molar-refractivity contribution in [3.63, 3.8) is 0 Å². The van der Waals surface area contributed by atoms with E-state index in [1.165, 1.54) is 13.1 Å². The van der Waals surface area contributed by atoms with Crippen LogP contribution >= 0.6 is 0 Å². The molecule has 0 heterocycles. The van der Waals surface area contributed by atoms with Gasteiger partial charge < -0.3 is 10.1 Å². The van der Waals surface area contributed by atoms with Gasteiger partial charge in [-0.3, -0.25) is 10.1 Å². The van der Waals surface area contributed by atoms with E-state index in [1.807, 2.05) is 5.32 Å². The number of urea groups is 1. The minimum atomic E-state index is -4.48. The Hall–Kier alpha value is -2.25. The van der Waals surface area contributed by atoms with E-state index >= 15 is 0 Å². The summed E-state index contributed by atoms with van der Waals surface area (Å²) in [7, 11) is 1.32. The van der Waals surface area contributed by atoms with Crippen molar-refractivity contribution in [1.82, 2.24) is 10.6 Å². The number of alkyl halides is 3. The van der Waals surface area contributed by atoms with E-state index in [4.69, 9.17) is 4.74 Å². The van der Waals surface area contributed by atoms with Crippen LogP contribution in [0.1, 0.15) is 5.56 Å². The van der Waals surface area contributed by atoms with Crippen LogP contribution in [0.4, 0.5) is 18.0 Å². The van der Waals surface area contributed by atoms with E-state index in [9.17, 15) is 22.8 Å². The lowest BCUT2D eigenvalue weighted by Crippen LogP contribution is -2.39. The van der Waals surface area contributed by atoms with Crippen LogP contribution in [0.2, 0.25) is 0 Å². The molecule has 0 aliphatic carbocycles. The van der Waals surface area contributed by atoms with Gasteiger partial charge in [-0.05, 0) is 18.2 Å². The van der Waals surface area contributed by atoms with Crippen LogP contribution in [0.3, 0.4) is 0 Å². The Kier molecular flexibility index (Phi) is 4.74. The molecular formula is C11H11F3N2O3. The van der Waals surface area contributed by atoms with E-state index < -0.39 is 30.3 Å². The molecular weight excluding hydrogens is 265 g/mol. The SMILES string of the molecule is CNC(=O)NC(=O)COc1cccc(C(F)(F)F)c1. The first kappa shape index (κ1) is 14.8. The average molecular weight is 276 g/mol. The molecule has 0 aliphatic rings. The van der Waals surface area contributed by atoms with Gasteiger partial charge in [0.1, 0.15) is 5.75 Å². The molecule has 19 heavy (non-hydrogen) atoms. The predicted octanol–water partition coefficient (Wildman–Crippen LogP) is 1.54. The topological polar surface area (TPSA) is 67.4 Å². The van der Waals surface area contributed by atoms with Crippen LogP contribution in [-0.4, -0.2) is 25.6 Å². The van der Waals surface area contributed by atoms with Crippen LogP contribution in [0.5, 0.6) is 5.75 Å². The molecule has 1 aromatic rings. The van der Waals surface area contributed by atoms with Crippen LogP contribution < -0.4 is 15.4 Å². The summed E-state index contributed by atoms with van der Waals surface area (Å²) in [5.74, 6) is -0.876. The monoisotopic (exact) mass is 276 g/mol. The number of amides is 3. The molecule has 1 rings (SSSR count). The molecule has 0 bridgehead atoms. The van der Waals surface area contributed by atoms with E-state index in [1.54, 1.807) is 0 Å². The Labute approximate surface area is 106 Å². The number of hydrogen-bond donors (Lipinski definition) is 2. The Morgan fingerprint density at radius 1 is 1.32 bits per heavy atom. The quantitative estimate of drug-likeness (QED) is 0.880. The second-order valence-corrected chi connectivity index (χ2v) is 3.44. The lowest BCUT2D eigenvalue weighted by atomic mass is 10.2. The molecule has 0 saturated carbocycles. The first-order valence-corrected chi connectivity index (χ1v) is 5.14. The van der Waals surface area contributed by atoms with Crippen molar-refractivity contribution in [1.29, 1.82) is 0 Å². The highest BCUT2D eigenvalue weighted by atomic mass is 19.4. The predicted molar refractivity (Wildman–Crippen MR) is 59.5 cm³/mol. The zero-order chi connectivity index (χ0) is 14.5. The van der Waals surface area contributed by atoms with Crippen molar-refractivity contribution in [2.75, 3.05) is 13.7 Å². The highest BCUT2D eigenvalue weighted by Gasteiger charge is 2.30. The van der Waals surface area contributed by atoms with Gasteiger partial charge in [-0.25, -0.2) is 4.79 Å². The first-order valence-electron chi connectivity index (χ1n) is 5.14. The highest BCUT2D eigenvalue weighted by Crippen LogP contribution is 2.31. The smallest absolute Gasteiger partial charge is 0.416 e. The van der Waals surface area contributed by atoms with Crippen molar-refractivity contribution in [2.24, 2.45) is 0 Å². The fourth-order valence-corrected chi connectivity index (χ4v) is 1.14. The zero-order valence-electron chi connectivity index (χ0n) is 9.88. The number of imide groups is 1. The van der Waals surface area contributed by atoms with Crippen molar-refractivity contribution >= 4 is 11.9 Å². The van der Waals surface area contributed by atoms with E-state index in [-0.39, 0.29) is 5.75 Å². The van der Waals surface area contributed by atoms with E-state index in [2.05, 4.69) is 5.32 Å². The normalized spacial score (nSPS) is 10.7. The van der Waals surface area contributed by atoms with Crippen molar-refractivity contribution in [2.45, 2.75) is 6.18 Å². The molecule has 0 unspecified atom stereocenters. The van der Waals surface area contributed by atoms with Gasteiger partial charge in [0.05, 0.1) is 5.56 Å². The summed E-state index contributed by atoms with van der Waals surface area (Å²) in [5, 5.41) is 4.06. The third-order valence-corrected chi connectivity index (χ3v) is 2.01. The standard InChI is InChI=1S/C11H11F3N2O3/c1-15-10(18)16-9(17)6-19-8-4-2-3-7(5-8)11(12,13)14/h2-5H,6H2,1H3,(H2,15,16,17,18). The molecule has 1 aromatic carbocycles. The summed E-state index contributed by atoms with van der Waals surface area (Å²) in [6.07, 6.45) is -4.48. The van der Waals surface area contributed by atoms with Crippen LogP contribution in [0, 0.1) is 0 Å². The Balaban J connectivity index is 2.59. The minimum Gasteiger partial charge on any atom is -0.484 e. The van der Waals surface area contributed by atoms with Gasteiger partial charge in [0.25, 0.3) is 5.91 Å². The maximum atomic E-state index is 12.4. The maximum Gasteiger partial charge on any atom is 0.416 e. The number of rotatable bonds is 3. The number of ether oxygens (including phenoxy) is 1. The molecule has 0 aliphatic heterocycles. The molecule has 0 saturated heterocycles. The van der Waals surface area contributed by atoms with Gasteiger partial charge >= 0.3 is 12.2 Å². The molecule has 0 radical (unpaired) electrons. The Bertz CT molecular complexity index is 474. The molecule has 2 N–H and O–H groups in total. The van der Waals surface area contributed by atoms with Gasteiger partial charge in [-0.2, -0.15) is 13.2 Å². The number of benzene rings is 1. The molecule has 0 fully saturated rings. The molecule has 5 nitrogen and oxygen atoms in total. The number of nitrogens with one attached hydrogen (secondary N) is 2. The Morgan fingerprint density at radius 3 is 2.58 bits per heavy atom. The lowest BCUT2D eigenvalue weighted by Gasteiger charge is -2.10. The zero-order valence-corrected chi connectivity index (χ0v) is 9.88. The molecule has 0 spiro atoms. The summed E-state index contributed by atoms with van der Waals surface area (Å²) in [6.45, 7) is -0.561. The van der Waals surface area contributed by atoms with Gasteiger partial charge in [0.2, 0.25) is 0 Å². The number of carbonyl (C=O) groups excluding carboxylic acids is 2. The lowest BCUT2D eigenvalue weighted by molar-refractivity contribution is -0.137. The second kappa shape index (κ2) is 6.07. The summed E-state index contributed by atoms with van der Waals surface area (Å²) < 4.78 is 42.0. The van der Waals surface area contributed by atoms with Crippen LogP contribution in [0.25, 0.3) is 0 Å². The molecule has 0 atom stereocenters. The van der Waals surface area contributed by atoms with Crippen molar-refractivity contribution in [3.8, 4) is 5.75 Å². The summed E-state index contributed by atoms with van der Waals surface area (Å²) >= 11 is 0. The Morgan fingerprint density at radius 2 is 2.00 bits per heavy atom. The molecule has 8 heteroatoms. The largest absolute Gasteiger partial charge is 0.484 e. The molecule has 104 valence electrons. The molecule has 3 amide bonds. The van der Waals surface area contributed by atoms with Crippen LogP contribution in [-0.2, 0) is 11.0 Å². The first-order chi connectivity index (χ1) is 8.82. The van der Waals surface area contributed by atoms with Crippen molar-refractivity contribution in [3.05, 3.63) is 29.8 Å². The highest BCUT2D eigenvalue weighted by molar-refractivity contribution is 5.94. The number of hydrogen-bond acceptors (Lipinski definition) is 3. The number of carbonyl (C=O) groups is 2. The third-order valence-electron chi connectivity index (χ3n) is 2.01. The summed E-state index contributed by atoms with van der Waals surface area (Å²) in [5.41, 5.74) is -0.878.